The fourth-order valence-corrected chi connectivity index (χ4v) is 3.62. The Balaban J connectivity index is 2.24. The van der Waals surface area contributed by atoms with Crippen molar-refractivity contribution in [2.45, 2.75) is 69.5 Å². The first-order chi connectivity index (χ1) is 9.78. The highest BCUT2D eigenvalue weighted by molar-refractivity contribution is 5.64. The first-order valence-corrected chi connectivity index (χ1v) is 7.49. The Morgan fingerprint density at radius 1 is 1.48 bits per heavy atom. The second-order valence-corrected chi connectivity index (χ2v) is 6.70. The molecule has 2 rings (SSSR count). The van der Waals surface area contributed by atoms with Crippen LogP contribution in [0.5, 0.6) is 0 Å². The van der Waals surface area contributed by atoms with Gasteiger partial charge in [0.05, 0.1) is 24.2 Å². The number of aldehydes is 1. The molecule has 1 saturated heterocycles. The Bertz CT molecular complexity index is 430. The normalized spacial score (nSPS) is 46.0. The zero-order valence-corrected chi connectivity index (χ0v) is 13.2. The summed E-state index contributed by atoms with van der Waals surface area (Å²) in [6, 6.07) is 0. The van der Waals surface area contributed by atoms with Crippen LogP contribution in [0.15, 0.2) is 11.6 Å². The predicted molar refractivity (Wildman–Crippen MR) is 77.9 cm³/mol. The molecule has 1 heterocycles. The third-order valence-corrected chi connectivity index (χ3v) is 4.90. The van der Waals surface area contributed by atoms with Gasteiger partial charge < -0.3 is 24.5 Å². The van der Waals surface area contributed by atoms with E-state index >= 15 is 0 Å². The molecule has 2 N–H and O–H groups in total. The molecule has 2 aliphatic rings. The van der Waals surface area contributed by atoms with Gasteiger partial charge in [0.25, 0.3) is 0 Å². The van der Waals surface area contributed by atoms with Crippen LogP contribution >= 0.6 is 0 Å². The van der Waals surface area contributed by atoms with Gasteiger partial charge >= 0.3 is 0 Å². The first-order valence-electron chi connectivity index (χ1n) is 7.49. The number of aliphatic hydroxyl groups is 2. The van der Waals surface area contributed by atoms with E-state index in [0.29, 0.717) is 12.7 Å². The summed E-state index contributed by atoms with van der Waals surface area (Å²) in [5.41, 5.74) is -0.955. The highest BCUT2D eigenvalue weighted by atomic mass is 16.6. The molecule has 0 bridgehead atoms. The molecule has 6 atom stereocenters. The number of carbonyl (C=O) groups is 1. The second-order valence-electron chi connectivity index (χ2n) is 6.70. The third kappa shape index (κ3) is 2.93. The second kappa shape index (κ2) is 5.80. The number of carbonyl (C=O) groups excluding carboxylic acids is 1. The van der Waals surface area contributed by atoms with Crippen molar-refractivity contribution < 1.29 is 24.5 Å². The van der Waals surface area contributed by atoms with E-state index in [1.54, 1.807) is 0 Å². The number of rotatable bonds is 5. The number of hydrogen-bond acceptors (Lipinski definition) is 5. The van der Waals surface area contributed by atoms with E-state index in [1.165, 1.54) is 12.7 Å². The van der Waals surface area contributed by atoms with Crippen LogP contribution in [0.4, 0.5) is 0 Å². The van der Waals surface area contributed by atoms with Crippen LogP contribution in [-0.2, 0) is 14.3 Å². The Morgan fingerprint density at radius 2 is 2.14 bits per heavy atom. The summed E-state index contributed by atoms with van der Waals surface area (Å²) >= 11 is 0. The summed E-state index contributed by atoms with van der Waals surface area (Å²) in [4.78, 5) is 11.5. The molecule has 1 saturated carbocycles. The maximum absolute atomic E-state index is 11.5. The van der Waals surface area contributed by atoms with Crippen LogP contribution in [0, 0.1) is 5.92 Å². The van der Waals surface area contributed by atoms with Gasteiger partial charge in [-0.2, -0.15) is 0 Å². The van der Waals surface area contributed by atoms with E-state index in [0.717, 1.165) is 6.42 Å². The van der Waals surface area contributed by atoms with Crippen molar-refractivity contribution >= 4 is 6.29 Å². The molecule has 120 valence electrons. The number of ether oxygens (including phenoxy) is 2. The van der Waals surface area contributed by atoms with E-state index < -0.39 is 29.3 Å². The average Bonchev–Trinajstić information content (AvgIpc) is 3.10. The van der Waals surface area contributed by atoms with Crippen LogP contribution in [0.25, 0.3) is 0 Å². The molecular formula is C16H26O5. The molecule has 21 heavy (non-hydrogen) atoms. The monoisotopic (exact) mass is 298 g/mol. The summed E-state index contributed by atoms with van der Waals surface area (Å²) in [7, 11) is 1.49. The maximum Gasteiger partial charge on any atom is 0.152 e. The zero-order chi connectivity index (χ0) is 15.8. The number of allylic oxidation sites excluding steroid dienone is 1. The molecule has 0 radical (unpaired) electrons. The average molecular weight is 298 g/mol. The van der Waals surface area contributed by atoms with Gasteiger partial charge in [-0.1, -0.05) is 11.6 Å². The third-order valence-electron chi connectivity index (χ3n) is 4.90. The largest absolute Gasteiger partial charge is 0.390 e. The standard InChI is InChI=1S/C16H26O5/c1-10(2)5-6-12-15(3,21-12)14-13(20-4)11(18)7-8-16(14,19)9-17/h5,9,11-14,18-19H,6-8H2,1-4H3/t11-,12+,13+,14+,15-,16-/m0/s1. The number of epoxide rings is 1. The Morgan fingerprint density at radius 3 is 2.67 bits per heavy atom. The summed E-state index contributed by atoms with van der Waals surface area (Å²) < 4.78 is 11.2. The minimum absolute atomic E-state index is 0.0631. The van der Waals surface area contributed by atoms with Gasteiger partial charge in [0.1, 0.15) is 11.2 Å². The van der Waals surface area contributed by atoms with Gasteiger partial charge in [0, 0.05) is 7.11 Å². The van der Waals surface area contributed by atoms with Crippen LogP contribution in [0.2, 0.25) is 0 Å². The fraction of sp³-hybridized carbons (Fsp3) is 0.812. The fourth-order valence-electron chi connectivity index (χ4n) is 3.62. The zero-order valence-electron chi connectivity index (χ0n) is 13.2. The van der Waals surface area contributed by atoms with E-state index in [2.05, 4.69) is 6.08 Å². The molecule has 0 aromatic rings. The predicted octanol–water partition coefficient (Wildman–Crippen LogP) is 1.22. The van der Waals surface area contributed by atoms with Crippen molar-refractivity contribution in [2.24, 2.45) is 5.92 Å². The Hall–Kier alpha value is -0.750. The summed E-state index contributed by atoms with van der Waals surface area (Å²) in [5.74, 6) is -0.563. The number of hydrogen-bond donors (Lipinski definition) is 2. The van der Waals surface area contributed by atoms with Crippen molar-refractivity contribution in [3.63, 3.8) is 0 Å². The minimum Gasteiger partial charge on any atom is -0.390 e. The SMILES string of the molecule is CO[C@H]1[C@H]([C@@]2(C)O[C@@H]2CC=C(C)C)[C@@](O)(C=O)CC[C@@H]1O. The van der Waals surface area contributed by atoms with E-state index in [1.807, 2.05) is 20.8 Å². The molecule has 0 aromatic heterocycles. The highest BCUT2D eigenvalue weighted by Crippen LogP contribution is 2.53. The lowest BCUT2D eigenvalue weighted by Crippen LogP contribution is -2.60. The molecule has 0 amide bonds. The lowest BCUT2D eigenvalue weighted by atomic mass is 9.66. The van der Waals surface area contributed by atoms with Crippen LogP contribution in [-0.4, -0.2) is 53.1 Å². The molecule has 5 heteroatoms. The van der Waals surface area contributed by atoms with E-state index in [9.17, 15) is 15.0 Å². The molecule has 1 aliphatic carbocycles. The smallest absolute Gasteiger partial charge is 0.152 e. The molecule has 5 nitrogen and oxygen atoms in total. The van der Waals surface area contributed by atoms with Crippen molar-refractivity contribution in [2.75, 3.05) is 7.11 Å². The van der Waals surface area contributed by atoms with Gasteiger partial charge in [-0.25, -0.2) is 0 Å². The number of aliphatic hydroxyl groups excluding tert-OH is 1. The first kappa shape index (κ1) is 16.6. The molecule has 2 fully saturated rings. The van der Waals surface area contributed by atoms with Crippen molar-refractivity contribution in [1.29, 1.82) is 0 Å². The van der Waals surface area contributed by atoms with Gasteiger partial charge in [-0.15, -0.1) is 0 Å². The Labute approximate surface area is 125 Å². The quantitative estimate of drug-likeness (QED) is 0.453. The Kier molecular flexibility index (Phi) is 4.59. The summed E-state index contributed by atoms with van der Waals surface area (Å²) in [6.45, 7) is 5.92. The van der Waals surface area contributed by atoms with Gasteiger partial charge in [-0.3, -0.25) is 0 Å². The lowest BCUT2D eigenvalue weighted by molar-refractivity contribution is -0.178. The van der Waals surface area contributed by atoms with Gasteiger partial charge in [0.2, 0.25) is 0 Å². The van der Waals surface area contributed by atoms with Crippen molar-refractivity contribution in [3.8, 4) is 0 Å². The van der Waals surface area contributed by atoms with Crippen LogP contribution in [0.3, 0.4) is 0 Å². The summed E-state index contributed by atoms with van der Waals surface area (Å²) in [5, 5.41) is 20.8. The molecule has 1 aliphatic heterocycles. The van der Waals surface area contributed by atoms with Gasteiger partial charge in [0.15, 0.2) is 6.29 Å². The van der Waals surface area contributed by atoms with E-state index in [4.69, 9.17) is 9.47 Å². The van der Waals surface area contributed by atoms with E-state index in [-0.39, 0.29) is 12.5 Å². The van der Waals surface area contributed by atoms with Crippen LogP contribution < -0.4 is 0 Å². The molecule has 0 aromatic carbocycles. The molecular weight excluding hydrogens is 272 g/mol. The number of methoxy groups -OCH3 is 1. The maximum atomic E-state index is 11.5. The molecule has 0 unspecified atom stereocenters. The van der Waals surface area contributed by atoms with Crippen LogP contribution in [0.1, 0.15) is 40.0 Å². The minimum atomic E-state index is -1.51. The van der Waals surface area contributed by atoms with Crippen molar-refractivity contribution in [1.82, 2.24) is 0 Å². The van der Waals surface area contributed by atoms with Gasteiger partial charge in [-0.05, 0) is 40.0 Å². The topological polar surface area (TPSA) is 79.3 Å². The summed E-state index contributed by atoms with van der Waals surface area (Å²) in [6.07, 6.45) is 2.62. The van der Waals surface area contributed by atoms with Crippen molar-refractivity contribution in [3.05, 3.63) is 11.6 Å². The lowest BCUT2D eigenvalue weighted by Gasteiger charge is -2.45. The highest BCUT2D eigenvalue weighted by Gasteiger charge is 2.67. The molecule has 0 spiro atoms.